The summed E-state index contributed by atoms with van der Waals surface area (Å²) in [6, 6.07) is 4.85. The highest BCUT2D eigenvalue weighted by atomic mass is 19.1. The predicted octanol–water partition coefficient (Wildman–Crippen LogP) is 5.32. The summed E-state index contributed by atoms with van der Waals surface area (Å²) in [7, 11) is 0. The van der Waals surface area contributed by atoms with Crippen molar-refractivity contribution in [2.24, 2.45) is 34.3 Å². The Morgan fingerprint density at radius 1 is 1.03 bits per heavy atom. The number of fused-ring (bicyclic) bond motifs is 7. The predicted molar refractivity (Wildman–Crippen MR) is 243 cm³/mol. The fraction of sp³-hybridized carbons (Fsp3) is 0.653. The number of carbonyl (C=O) groups excluding carboxylic acids is 7. The Kier molecular flexibility index (Phi) is 15.6. The van der Waals surface area contributed by atoms with Crippen molar-refractivity contribution in [2.75, 3.05) is 18.5 Å². The van der Waals surface area contributed by atoms with Crippen LogP contribution in [0.1, 0.15) is 112 Å². The second-order valence-electron chi connectivity index (χ2n) is 20.3. The molecule has 1 aromatic rings. The van der Waals surface area contributed by atoms with Gasteiger partial charge in [-0.3, -0.25) is 19.2 Å². The lowest BCUT2D eigenvalue weighted by Gasteiger charge is -2.63. The number of Topliss-reactive ketones (excluding diaryl/α,β-unsaturated/α-hetero) is 1. The molecule has 5 amide bonds. The Morgan fingerprint density at radius 2 is 1.74 bits per heavy atom. The number of aliphatic hydroxyl groups is 1. The number of carbonyl (C=O) groups is 7. The van der Waals surface area contributed by atoms with Gasteiger partial charge in [0.25, 0.3) is 0 Å². The van der Waals surface area contributed by atoms with Crippen molar-refractivity contribution >= 4 is 47.2 Å². The lowest BCUT2D eigenvalue weighted by atomic mass is 9.44. The Hall–Kier alpha value is -5.27. The number of hydrogen-bond donors (Lipinski definition) is 6. The smallest absolute Gasteiger partial charge is 0.408 e. The summed E-state index contributed by atoms with van der Waals surface area (Å²) in [5.41, 5.74) is -2.73. The van der Waals surface area contributed by atoms with Crippen LogP contribution in [0.2, 0.25) is 0 Å². The summed E-state index contributed by atoms with van der Waals surface area (Å²) in [6.07, 6.45) is -0.318. The summed E-state index contributed by atoms with van der Waals surface area (Å²) in [6.45, 7) is 10.9. The van der Waals surface area contributed by atoms with Gasteiger partial charge in [0.2, 0.25) is 17.6 Å². The van der Waals surface area contributed by atoms with Crippen LogP contribution in [0.15, 0.2) is 48.1 Å². The first-order chi connectivity index (χ1) is 31.9. The molecule has 2 unspecified atom stereocenters. The third-order valence-electron chi connectivity index (χ3n) is 14.7. The van der Waals surface area contributed by atoms with Gasteiger partial charge in [-0.25, -0.2) is 23.2 Å². The number of benzene rings is 1. The fourth-order valence-electron chi connectivity index (χ4n) is 11.3. The first-order valence-electron chi connectivity index (χ1n) is 23.6. The molecule has 5 aliphatic rings. The number of rotatable bonds is 19. The number of unbranched alkanes of at least 4 members (excludes halogenated alkanes) is 1. The van der Waals surface area contributed by atoms with Crippen molar-refractivity contribution in [1.29, 1.82) is 0 Å². The molecule has 68 heavy (non-hydrogen) atoms. The zero-order valence-corrected chi connectivity index (χ0v) is 39.9. The van der Waals surface area contributed by atoms with Crippen LogP contribution < -0.4 is 27.0 Å². The number of esters is 1. The van der Waals surface area contributed by atoms with Crippen LogP contribution in [0.5, 0.6) is 0 Å². The van der Waals surface area contributed by atoms with E-state index in [4.69, 9.17) is 24.7 Å². The molecule has 0 bridgehead atoms. The maximum absolute atomic E-state index is 17.9. The maximum atomic E-state index is 17.9. The van der Waals surface area contributed by atoms with Crippen molar-refractivity contribution in [3.63, 3.8) is 0 Å². The van der Waals surface area contributed by atoms with E-state index in [0.29, 0.717) is 43.5 Å². The molecular formula is C49H67F2N5O12. The second-order valence-corrected chi connectivity index (χ2v) is 20.3. The SMILES string of the molecule is CCCC1O[C@@H]2CC3[C@@H]4C[C@H](F)C5=CC(=O)C=C[C@]5(C)[C@@]4(F)[C@@H](O)C[C@]3(C)[C@]2(C(=O)COC(=O)C(C)(C)NC(=O)[C@H](CC(C)C)NC(=O)OCc2ccc(NC(=O)CCCCNC(N)=O)cc2)O1. The first-order valence-corrected chi connectivity index (χ1v) is 23.6. The molecule has 19 heteroatoms. The molecule has 0 spiro atoms. The van der Waals surface area contributed by atoms with Crippen LogP contribution in [0.3, 0.4) is 0 Å². The number of halogens is 2. The van der Waals surface area contributed by atoms with Gasteiger partial charge in [0.1, 0.15) is 24.4 Å². The maximum Gasteiger partial charge on any atom is 0.408 e. The Labute approximate surface area is 395 Å². The van der Waals surface area contributed by atoms with Crippen molar-refractivity contribution < 1.29 is 66.4 Å². The minimum absolute atomic E-state index is 0.0238. The highest BCUT2D eigenvalue weighted by molar-refractivity contribution is 6.01. The number of aliphatic hydroxyl groups excluding tert-OH is 1. The zero-order valence-electron chi connectivity index (χ0n) is 39.9. The summed E-state index contributed by atoms with van der Waals surface area (Å²) in [5.74, 6) is -4.98. The zero-order chi connectivity index (χ0) is 50.0. The van der Waals surface area contributed by atoms with E-state index in [2.05, 4.69) is 21.3 Å². The fourth-order valence-corrected chi connectivity index (χ4v) is 11.3. The van der Waals surface area contributed by atoms with Crippen LogP contribution in [-0.4, -0.2) is 107 Å². The van der Waals surface area contributed by atoms with E-state index in [0.717, 1.165) is 6.08 Å². The minimum atomic E-state index is -2.40. The van der Waals surface area contributed by atoms with Gasteiger partial charge in [0, 0.05) is 35.4 Å². The monoisotopic (exact) mass is 955 g/mol. The van der Waals surface area contributed by atoms with E-state index in [-0.39, 0.29) is 56.1 Å². The Morgan fingerprint density at radius 3 is 2.40 bits per heavy atom. The summed E-state index contributed by atoms with van der Waals surface area (Å²) < 4.78 is 57.9. The van der Waals surface area contributed by atoms with Gasteiger partial charge >= 0.3 is 18.1 Å². The topological polar surface area (TPSA) is 251 Å². The molecular weight excluding hydrogens is 889 g/mol. The average molecular weight is 956 g/mol. The highest BCUT2D eigenvalue weighted by Gasteiger charge is 2.80. The van der Waals surface area contributed by atoms with Crippen LogP contribution >= 0.6 is 0 Å². The van der Waals surface area contributed by atoms with Gasteiger partial charge in [0.05, 0.1) is 12.2 Å². The normalized spacial score (nSPS) is 31.8. The number of nitrogens with one attached hydrogen (secondary N) is 4. The molecule has 17 nitrogen and oxygen atoms in total. The van der Waals surface area contributed by atoms with Gasteiger partial charge in [-0.05, 0) is 113 Å². The van der Waals surface area contributed by atoms with E-state index < -0.39 is 112 Å². The summed E-state index contributed by atoms with van der Waals surface area (Å²) in [5, 5.41) is 22.3. The second kappa shape index (κ2) is 20.4. The molecule has 1 saturated heterocycles. The molecule has 0 radical (unpaired) electrons. The molecule has 1 aliphatic heterocycles. The van der Waals surface area contributed by atoms with Crippen molar-refractivity contribution in [2.45, 2.75) is 160 Å². The van der Waals surface area contributed by atoms with Crippen molar-refractivity contribution in [3.05, 3.63) is 53.6 Å². The molecule has 4 fully saturated rings. The number of hydrogen-bond acceptors (Lipinski definition) is 12. The molecule has 11 atom stereocenters. The largest absolute Gasteiger partial charge is 0.456 e. The number of ketones is 2. The number of ether oxygens (including phenoxy) is 4. The molecule has 1 aromatic carbocycles. The number of alkyl halides is 2. The van der Waals surface area contributed by atoms with Crippen LogP contribution in [0.4, 0.5) is 24.1 Å². The van der Waals surface area contributed by atoms with E-state index in [1.807, 2.05) is 20.8 Å². The third kappa shape index (κ3) is 10.1. The molecule has 4 aliphatic carbocycles. The van der Waals surface area contributed by atoms with Gasteiger partial charge in [0.15, 0.2) is 29.9 Å². The highest BCUT2D eigenvalue weighted by Crippen LogP contribution is 2.72. The Bertz CT molecular complexity index is 2190. The van der Waals surface area contributed by atoms with Crippen LogP contribution in [-0.2, 0) is 49.5 Å². The van der Waals surface area contributed by atoms with E-state index in [9.17, 15) is 38.7 Å². The number of allylic oxidation sites excluding steroid dienone is 4. The summed E-state index contributed by atoms with van der Waals surface area (Å²) >= 11 is 0. The lowest BCUT2D eigenvalue weighted by Crippen LogP contribution is -2.71. The quantitative estimate of drug-likeness (QED) is 0.0762. The number of primary amides is 1. The molecule has 0 aromatic heterocycles. The third-order valence-corrected chi connectivity index (χ3v) is 14.7. The van der Waals surface area contributed by atoms with Gasteiger partial charge in [-0.1, -0.05) is 52.3 Å². The Balaban J connectivity index is 1.07. The molecule has 374 valence electrons. The van der Waals surface area contributed by atoms with Crippen molar-refractivity contribution in [3.8, 4) is 0 Å². The molecule has 1 heterocycles. The average Bonchev–Trinajstić information content (AvgIpc) is 3.75. The number of nitrogens with two attached hydrogens (primary N) is 1. The standard InChI is InChI=1S/C49H67F2N5O12/c1-8-11-40-67-38-23-31-32-22-34(50)33-21-30(57)17-18-46(33,6)48(32,51)36(58)24-47(31,7)49(38,68-40)37(59)26-65-42(62)45(4,5)56-41(61)35(20-27(2)3)55-44(64)66-25-28-13-15-29(16-14-28)54-39(60)12-9-10-19-53-43(52)63/h13-18,21,27,31-32,34-36,38,40,58H,8-12,19-20,22-26H2,1-7H3,(H,54,60)(H,55,64)(H,56,61)(H3,52,53,63)/t31?,32-,34-,35-,36-,38+,40?,46-,47-,48-,49+/m0/s1. The number of anilines is 1. The van der Waals surface area contributed by atoms with Gasteiger partial charge in [-0.15, -0.1) is 0 Å². The van der Waals surface area contributed by atoms with Crippen LogP contribution in [0, 0.1) is 28.6 Å². The van der Waals surface area contributed by atoms with E-state index >= 15 is 8.78 Å². The molecule has 7 N–H and O–H groups in total. The lowest BCUT2D eigenvalue weighted by molar-refractivity contribution is -0.235. The molecule has 3 saturated carbocycles. The van der Waals surface area contributed by atoms with E-state index in [1.54, 1.807) is 31.2 Å². The minimum Gasteiger partial charge on any atom is -0.456 e. The van der Waals surface area contributed by atoms with Crippen LogP contribution in [0.25, 0.3) is 0 Å². The molecule has 6 rings (SSSR count). The van der Waals surface area contributed by atoms with Gasteiger partial charge in [-0.2, -0.15) is 0 Å². The number of amides is 5. The summed E-state index contributed by atoms with van der Waals surface area (Å²) in [4.78, 5) is 90.6. The van der Waals surface area contributed by atoms with Crippen molar-refractivity contribution in [1.82, 2.24) is 16.0 Å². The first kappa shape index (κ1) is 52.1. The van der Waals surface area contributed by atoms with E-state index in [1.165, 1.54) is 32.9 Å². The number of alkyl carbamates (subject to hydrolysis) is 1. The number of urea groups is 1. The van der Waals surface area contributed by atoms with Gasteiger partial charge < -0.3 is 51.1 Å².